The van der Waals surface area contributed by atoms with E-state index in [4.69, 9.17) is 24.5 Å². The zero-order chi connectivity index (χ0) is 21.3. The smallest absolute Gasteiger partial charge is 0.414 e. The van der Waals surface area contributed by atoms with E-state index in [0.717, 1.165) is 39.1 Å². The van der Waals surface area contributed by atoms with E-state index in [1.165, 1.54) is 22.0 Å². The predicted octanol–water partition coefficient (Wildman–Crippen LogP) is 3.16. The first kappa shape index (κ1) is 21.5. The van der Waals surface area contributed by atoms with Gasteiger partial charge < -0.3 is 19.9 Å². The zero-order valence-electron chi connectivity index (χ0n) is 16.7. The van der Waals surface area contributed by atoms with Crippen molar-refractivity contribution in [2.75, 3.05) is 19.7 Å². The molecule has 1 fully saturated rings. The molecule has 2 aromatic carbocycles. The van der Waals surface area contributed by atoms with Gasteiger partial charge in [-0.15, -0.1) is 0 Å². The van der Waals surface area contributed by atoms with Gasteiger partial charge in [-0.3, -0.25) is 4.90 Å². The maximum Gasteiger partial charge on any atom is 0.414 e. The molecule has 1 aromatic heterocycles. The fourth-order valence-electron chi connectivity index (χ4n) is 3.57. The summed E-state index contributed by atoms with van der Waals surface area (Å²) in [5.41, 5.74) is 4.01. The number of carboxylic acids is 2. The molecule has 158 valence electrons. The van der Waals surface area contributed by atoms with E-state index < -0.39 is 11.9 Å². The molecule has 1 saturated heterocycles. The van der Waals surface area contributed by atoms with Gasteiger partial charge >= 0.3 is 11.9 Å². The Morgan fingerprint density at radius 2 is 1.73 bits per heavy atom. The van der Waals surface area contributed by atoms with Crippen LogP contribution in [-0.2, 0) is 27.3 Å². The van der Waals surface area contributed by atoms with Crippen molar-refractivity contribution in [3.63, 3.8) is 0 Å². The van der Waals surface area contributed by atoms with Crippen molar-refractivity contribution in [1.82, 2.24) is 9.88 Å². The second-order valence-corrected chi connectivity index (χ2v) is 7.22. The van der Waals surface area contributed by atoms with Crippen LogP contribution in [0.3, 0.4) is 0 Å². The van der Waals surface area contributed by atoms with Crippen LogP contribution in [0.4, 0.5) is 0 Å². The normalized spacial score (nSPS) is 16.6. The number of aromatic amines is 1. The molecule has 30 heavy (non-hydrogen) atoms. The van der Waals surface area contributed by atoms with Crippen LogP contribution in [0.25, 0.3) is 10.9 Å². The summed E-state index contributed by atoms with van der Waals surface area (Å²) >= 11 is 0. The minimum absolute atomic E-state index is 0.337. The highest BCUT2D eigenvalue weighted by Gasteiger charge is 2.21. The summed E-state index contributed by atoms with van der Waals surface area (Å²) < 4.78 is 5.99. The number of ether oxygens (including phenoxy) is 1. The first-order valence-electron chi connectivity index (χ1n) is 9.92. The summed E-state index contributed by atoms with van der Waals surface area (Å²) in [6.07, 6.45) is 4.67. The minimum Gasteiger partial charge on any atom is -0.473 e. The van der Waals surface area contributed by atoms with Gasteiger partial charge in [-0.25, -0.2) is 9.59 Å². The van der Waals surface area contributed by atoms with Gasteiger partial charge in [-0.2, -0.15) is 0 Å². The largest absolute Gasteiger partial charge is 0.473 e. The van der Waals surface area contributed by atoms with Gasteiger partial charge in [0.1, 0.15) is 0 Å². The lowest BCUT2D eigenvalue weighted by Gasteiger charge is -2.33. The Bertz CT molecular complexity index is 958. The lowest BCUT2D eigenvalue weighted by molar-refractivity contribution is -0.159. The molecule has 0 amide bonds. The number of rotatable bonds is 5. The average Bonchev–Trinajstić information content (AvgIpc) is 3.17. The van der Waals surface area contributed by atoms with E-state index in [1.54, 1.807) is 0 Å². The monoisotopic (exact) mass is 410 g/mol. The van der Waals surface area contributed by atoms with E-state index in [2.05, 4.69) is 70.7 Å². The molecular formula is C23H26N2O5. The molecule has 4 rings (SSSR count). The van der Waals surface area contributed by atoms with E-state index in [0.29, 0.717) is 6.10 Å². The number of aliphatic carboxylic acids is 2. The molecule has 3 N–H and O–H groups in total. The molecule has 0 bridgehead atoms. The number of benzene rings is 2. The van der Waals surface area contributed by atoms with Crippen molar-refractivity contribution in [2.24, 2.45) is 0 Å². The Hall–Kier alpha value is -3.16. The molecule has 7 heteroatoms. The molecule has 0 aliphatic carbocycles. The maximum atomic E-state index is 9.10. The molecule has 1 aliphatic rings. The predicted molar refractivity (Wildman–Crippen MR) is 113 cm³/mol. The number of carbonyl (C=O) groups is 2. The molecule has 0 radical (unpaired) electrons. The Balaban J connectivity index is 0.000000377. The Morgan fingerprint density at radius 1 is 1.03 bits per heavy atom. The third kappa shape index (κ3) is 6.17. The van der Waals surface area contributed by atoms with E-state index in [9.17, 15) is 0 Å². The number of nitrogens with one attached hydrogen (secondary N) is 1. The van der Waals surface area contributed by atoms with Gasteiger partial charge in [0.2, 0.25) is 0 Å². The number of para-hydroxylation sites is 1. The number of aryl methyl sites for hydroxylation is 1. The lowest BCUT2D eigenvalue weighted by Crippen LogP contribution is -2.42. The number of fused-ring (bicyclic) bond motifs is 1. The topological polar surface area (TPSA) is 103 Å². The van der Waals surface area contributed by atoms with Crippen molar-refractivity contribution in [3.05, 3.63) is 71.9 Å². The molecule has 1 atom stereocenters. The fourth-order valence-corrected chi connectivity index (χ4v) is 3.57. The quantitative estimate of drug-likeness (QED) is 0.559. The fraction of sp³-hybridized carbons (Fsp3) is 0.304. The molecule has 0 spiro atoms. The van der Waals surface area contributed by atoms with Crippen molar-refractivity contribution in [3.8, 4) is 0 Å². The molecule has 0 saturated carbocycles. The van der Waals surface area contributed by atoms with E-state index in [-0.39, 0.29) is 0 Å². The summed E-state index contributed by atoms with van der Waals surface area (Å²) in [7, 11) is 0. The summed E-state index contributed by atoms with van der Waals surface area (Å²) in [5.74, 6) is -3.65. The van der Waals surface area contributed by atoms with Crippen molar-refractivity contribution >= 4 is 22.8 Å². The minimum atomic E-state index is -1.82. The van der Waals surface area contributed by atoms with Gasteiger partial charge in [0.25, 0.3) is 0 Å². The van der Waals surface area contributed by atoms with Crippen LogP contribution in [-0.4, -0.2) is 57.8 Å². The van der Waals surface area contributed by atoms with E-state index in [1.807, 2.05) is 0 Å². The SMILES string of the molecule is O=C(O)C(=O)O.c1ccc(CCC2CN(Cc3c[nH]c4ccccc34)CCO2)cc1. The number of nitrogens with zero attached hydrogens (tertiary/aromatic N) is 1. The summed E-state index contributed by atoms with van der Waals surface area (Å²) in [5, 5.41) is 16.1. The van der Waals surface area contributed by atoms with Crippen LogP contribution in [0.15, 0.2) is 60.8 Å². The summed E-state index contributed by atoms with van der Waals surface area (Å²) in [6, 6.07) is 19.2. The molecule has 1 aliphatic heterocycles. The molecule has 2 heterocycles. The van der Waals surface area contributed by atoms with Crippen LogP contribution in [0.2, 0.25) is 0 Å². The number of H-pyrrole nitrogens is 1. The van der Waals surface area contributed by atoms with Crippen LogP contribution in [0.5, 0.6) is 0 Å². The molecule has 7 nitrogen and oxygen atoms in total. The second kappa shape index (κ2) is 10.6. The van der Waals surface area contributed by atoms with E-state index >= 15 is 0 Å². The second-order valence-electron chi connectivity index (χ2n) is 7.22. The number of hydrogen-bond donors (Lipinski definition) is 3. The highest BCUT2D eigenvalue weighted by Crippen LogP contribution is 2.21. The standard InChI is InChI=1S/C21H24N2O.C2H2O4/c1-2-6-17(7-3-1)10-11-19-16-23(12-13-24-19)15-18-14-22-21-9-5-4-8-20(18)21;3-1(4)2(5)6/h1-9,14,19,22H,10-13,15-16H2;(H,3,4)(H,5,6). The van der Waals surface area contributed by atoms with Gasteiger partial charge in [-0.1, -0.05) is 48.5 Å². The molecule has 3 aromatic rings. The number of aromatic nitrogens is 1. The van der Waals surface area contributed by atoms with Crippen LogP contribution in [0.1, 0.15) is 17.5 Å². The Morgan fingerprint density at radius 3 is 2.47 bits per heavy atom. The van der Waals surface area contributed by atoms with Crippen molar-refractivity contribution in [1.29, 1.82) is 0 Å². The highest BCUT2D eigenvalue weighted by atomic mass is 16.5. The summed E-state index contributed by atoms with van der Waals surface area (Å²) in [6.45, 7) is 3.87. The Kier molecular flexibility index (Phi) is 7.59. The molecular weight excluding hydrogens is 384 g/mol. The maximum absolute atomic E-state index is 9.10. The number of morpholine rings is 1. The van der Waals surface area contributed by atoms with Gasteiger partial charge in [-0.05, 0) is 30.0 Å². The number of carboxylic acid groups (broad SMARTS) is 2. The average molecular weight is 410 g/mol. The van der Waals surface area contributed by atoms with Gasteiger partial charge in [0, 0.05) is 36.7 Å². The van der Waals surface area contributed by atoms with Crippen LogP contribution < -0.4 is 0 Å². The third-order valence-corrected chi connectivity index (χ3v) is 5.07. The lowest BCUT2D eigenvalue weighted by atomic mass is 10.1. The van der Waals surface area contributed by atoms with Crippen LogP contribution >= 0.6 is 0 Å². The number of hydrogen-bond acceptors (Lipinski definition) is 4. The first-order valence-corrected chi connectivity index (χ1v) is 9.92. The molecule has 1 unspecified atom stereocenters. The first-order chi connectivity index (χ1) is 14.5. The van der Waals surface area contributed by atoms with Crippen molar-refractivity contribution in [2.45, 2.75) is 25.5 Å². The summed E-state index contributed by atoms with van der Waals surface area (Å²) in [4.78, 5) is 24.1. The van der Waals surface area contributed by atoms with Gasteiger partial charge in [0.05, 0.1) is 12.7 Å². The highest BCUT2D eigenvalue weighted by molar-refractivity contribution is 6.27. The van der Waals surface area contributed by atoms with Gasteiger partial charge in [0.15, 0.2) is 0 Å². The zero-order valence-corrected chi connectivity index (χ0v) is 16.7. The Labute approximate surface area is 174 Å². The third-order valence-electron chi connectivity index (χ3n) is 5.07. The van der Waals surface area contributed by atoms with Crippen molar-refractivity contribution < 1.29 is 24.5 Å². The van der Waals surface area contributed by atoms with Crippen LogP contribution in [0, 0.1) is 0 Å².